The molecule has 1 spiro atoms. The van der Waals surface area contributed by atoms with Crippen molar-refractivity contribution in [2.75, 3.05) is 0 Å². The van der Waals surface area contributed by atoms with Gasteiger partial charge in [0.05, 0.1) is 0 Å². The van der Waals surface area contributed by atoms with Gasteiger partial charge in [0.1, 0.15) is 0 Å². The van der Waals surface area contributed by atoms with E-state index < -0.39 is 5.31 Å². The third kappa shape index (κ3) is 3.89. The van der Waals surface area contributed by atoms with E-state index in [9.17, 15) is 0 Å². The molecule has 2 aliphatic rings. The van der Waals surface area contributed by atoms with E-state index in [2.05, 4.69) is 146 Å². The molecule has 0 amide bonds. The molecule has 2 aliphatic heterocycles. The quantitative estimate of drug-likeness (QED) is 0.141. The van der Waals surface area contributed by atoms with Crippen LogP contribution < -0.4 is 0 Å². The van der Waals surface area contributed by atoms with Crippen LogP contribution in [0.1, 0.15) is 22.3 Å². The van der Waals surface area contributed by atoms with Gasteiger partial charge in [-0.05, 0) is 0 Å². The summed E-state index contributed by atoms with van der Waals surface area (Å²) in [6.07, 6.45) is 4.25. The van der Waals surface area contributed by atoms with Crippen LogP contribution in [0.3, 0.4) is 0 Å². The van der Waals surface area contributed by atoms with Crippen molar-refractivity contribution >= 4 is 63.9 Å². The van der Waals surface area contributed by atoms with Crippen molar-refractivity contribution in [2.24, 2.45) is 0 Å². The van der Waals surface area contributed by atoms with Gasteiger partial charge in [0.2, 0.25) is 0 Å². The van der Waals surface area contributed by atoms with Crippen LogP contribution in [0.25, 0.3) is 65.3 Å². The molecule has 0 atom stereocenters. The Hall–Kier alpha value is -4.29. The van der Waals surface area contributed by atoms with E-state index in [0.29, 0.717) is 0 Å². The summed E-state index contributed by atoms with van der Waals surface area (Å²) in [5, 5.41) is 7.98. The molecule has 0 N–H and O–H groups in total. The predicted octanol–water partition coefficient (Wildman–Crippen LogP) is 13.2. The van der Waals surface area contributed by atoms with Crippen LogP contribution in [0, 0.1) is 0 Å². The van der Waals surface area contributed by atoms with Crippen molar-refractivity contribution in [1.82, 2.24) is 0 Å². The molecule has 0 saturated carbocycles. The molecule has 0 radical (unpaired) electrons. The average molecular weight is 672 g/mol. The van der Waals surface area contributed by atoms with Crippen molar-refractivity contribution < 1.29 is 0 Å². The maximum absolute atomic E-state index is 4.88. The molecule has 0 bridgehead atoms. The minimum absolute atomic E-state index is 1.06. The molecule has 0 aliphatic carbocycles. The van der Waals surface area contributed by atoms with Gasteiger partial charge in [-0.2, -0.15) is 0 Å². The zero-order valence-corrected chi connectivity index (χ0v) is 28.0. The van der Waals surface area contributed by atoms with E-state index in [1.807, 2.05) is 0 Å². The van der Waals surface area contributed by atoms with Gasteiger partial charge < -0.3 is 0 Å². The second-order valence-corrected chi connectivity index (χ2v) is 24.7. The predicted molar refractivity (Wildman–Crippen MR) is 204 cm³/mol. The summed E-state index contributed by atoms with van der Waals surface area (Å²) >= 11 is 4.88. The van der Waals surface area contributed by atoms with Crippen molar-refractivity contribution in [2.45, 2.75) is 24.6 Å². The molecule has 0 unspecified atom stereocenters. The number of rotatable bonds is 0. The topological polar surface area (TPSA) is 0 Å². The Bertz CT molecular complexity index is 2220. The van der Waals surface area contributed by atoms with Gasteiger partial charge in [-0.3, -0.25) is 0 Å². The van der Waals surface area contributed by atoms with Gasteiger partial charge in [0, 0.05) is 0 Å². The van der Waals surface area contributed by atoms with Gasteiger partial charge in [-0.1, -0.05) is 0 Å². The van der Waals surface area contributed by atoms with E-state index in [1.54, 1.807) is 0 Å². The van der Waals surface area contributed by atoms with Crippen molar-refractivity contribution in [3.8, 4) is 22.3 Å². The van der Waals surface area contributed by atoms with Crippen molar-refractivity contribution in [3.63, 3.8) is 0 Å². The Morgan fingerprint density at radius 1 is 0.304 bits per heavy atom. The van der Waals surface area contributed by atoms with Crippen molar-refractivity contribution in [1.29, 1.82) is 0 Å². The first-order valence-electron chi connectivity index (χ1n) is 16.3. The molecule has 2 heteroatoms. The van der Waals surface area contributed by atoms with E-state index >= 15 is 0 Å². The number of benzene rings is 8. The summed E-state index contributed by atoms with van der Waals surface area (Å²) in [4.78, 5) is 0. The van der Waals surface area contributed by atoms with Gasteiger partial charge in [0.15, 0.2) is 0 Å². The van der Waals surface area contributed by atoms with Crippen LogP contribution in [0.15, 0.2) is 146 Å². The summed E-state index contributed by atoms with van der Waals surface area (Å²) in [7, 11) is 0. The number of halogens is 1. The Morgan fingerprint density at radius 2 is 0.543 bits per heavy atom. The van der Waals surface area contributed by atoms with Crippen LogP contribution in [0.4, 0.5) is 0 Å². The van der Waals surface area contributed by atoms with E-state index in [1.165, 1.54) is 87.6 Å². The van der Waals surface area contributed by atoms with Crippen LogP contribution in [0.5, 0.6) is 0 Å². The Kier molecular flexibility index (Phi) is 5.62. The third-order valence-electron chi connectivity index (χ3n) is 10.8. The first-order chi connectivity index (χ1) is 22.5. The fourth-order valence-electron chi connectivity index (χ4n) is 9.01. The van der Waals surface area contributed by atoms with Gasteiger partial charge in [0.25, 0.3) is 0 Å². The van der Waals surface area contributed by atoms with E-state index in [4.69, 9.17) is 15.5 Å². The normalized spacial score (nSPS) is 16.9. The molecular formula is C44H32BrP. The molecule has 0 nitrogen and oxygen atoms in total. The Morgan fingerprint density at radius 3 is 0.804 bits per heavy atom. The molecular weight excluding hydrogens is 639 g/mol. The second kappa shape index (κ2) is 9.62. The van der Waals surface area contributed by atoms with Crippen LogP contribution in [0.2, 0.25) is 0 Å². The summed E-state index contributed by atoms with van der Waals surface area (Å²) in [5.74, 6) is 0. The molecule has 0 saturated heterocycles. The average Bonchev–Trinajstić information content (AvgIpc) is 3.28. The summed E-state index contributed by atoms with van der Waals surface area (Å²) in [5.41, 5.74) is 11.7. The van der Waals surface area contributed by atoms with E-state index in [0.717, 1.165) is 24.6 Å². The standard InChI is InChI=1S/C44H32BrP/c45-46(25-33-21-17-29-9-1-5-13-37(29)41(33)42-34(26-46)22-18-30-10-2-6-14-38(30)42)27-35-23-19-31-11-3-7-15-39(31)43(35)44-36(28-46)24-20-32-12-4-8-16-40(32)44/h1-24H,25-28H2. The van der Waals surface area contributed by atoms with E-state index in [-0.39, 0.29) is 0 Å². The molecule has 0 fully saturated rings. The number of fused-ring (bicyclic) bond motifs is 14. The summed E-state index contributed by atoms with van der Waals surface area (Å²) < 4.78 is 0. The second-order valence-electron chi connectivity index (χ2n) is 13.7. The zero-order valence-electron chi connectivity index (χ0n) is 25.5. The first-order valence-corrected chi connectivity index (χ1v) is 21.3. The molecule has 0 aromatic heterocycles. The number of hydrogen-bond acceptors (Lipinski definition) is 0. The molecule has 8 aromatic rings. The first kappa shape index (κ1) is 26.9. The Labute approximate surface area is 277 Å². The molecule has 220 valence electrons. The third-order valence-corrected chi connectivity index (χ3v) is 18.4. The molecule has 46 heavy (non-hydrogen) atoms. The minimum atomic E-state index is -2.74. The Balaban J connectivity index is 1.33. The summed E-state index contributed by atoms with van der Waals surface area (Å²) in [6.45, 7) is 0. The van der Waals surface area contributed by atoms with Crippen LogP contribution in [-0.4, -0.2) is 0 Å². The van der Waals surface area contributed by atoms with Crippen LogP contribution >= 0.6 is 20.8 Å². The van der Waals surface area contributed by atoms with Crippen LogP contribution in [-0.2, 0) is 24.6 Å². The van der Waals surface area contributed by atoms with Crippen molar-refractivity contribution in [3.05, 3.63) is 168 Å². The molecule has 2 heterocycles. The SMILES string of the molecule is BrP12(Cc3ccc4ccccc4c3-c3c(ccc4ccccc34)C1)Cc1ccc3ccccc3c1-c1c(ccc3ccccc13)C2. The number of hydrogen-bond donors (Lipinski definition) is 0. The fourth-order valence-corrected chi connectivity index (χ4v) is 17.4. The maximum atomic E-state index is 4.88. The van der Waals surface area contributed by atoms with Gasteiger partial charge in [-0.25, -0.2) is 0 Å². The zero-order chi connectivity index (χ0) is 30.5. The van der Waals surface area contributed by atoms with Gasteiger partial charge in [-0.15, -0.1) is 0 Å². The molecule has 10 rings (SSSR count). The summed E-state index contributed by atoms with van der Waals surface area (Å²) in [6, 6.07) is 55.3. The molecule has 8 aromatic carbocycles. The monoisotopic (exact) mass is 670 g/mol. The van der Waals surface area contributed by atoms with Gasteiger partial charge >= 0.3 is 279 Å². The fraction of sp³-hybridized carbons (Fsp3) is 0.0909.